The maximum absolute atomic E-state index is 12.0. The number of carboxylic acid groups (broad SMARTS) is 1. The Morgan fingerprint density at radius 3 is 1.50 bits per heavy atom. The highest BCUT2D eigenvalue weighted by atomic mass is 16.6. The standard InChI is InChI=1S/C29H39N3O10/c33-26(34)11-12-32-29(37)42-25(21-40-19-17-38-15-13-30-27(35)23-7-3-1-4-8-23)22-41-20-18-39-16-14-31-28(36)24-9-5-2-6-10-24/h1-10,25H,11-22H2,(H,30,35)(H,31,36)(H,32,37)(H,33,34). The van der Waals surface area contributed by atoms with E-state index in [-0.39, 0.29) is 64.4 Å². The summed E-state index contributed by atoms with van der Waals surface area (Å²) in [5.41, 5.74) is 1.14. The van der Waals surface area contributed by atoms with Crippen LogP contribution in [0.5, 0.6) is 0 Å². The van der Waals surface area contributed by atoms with Gasteiger partial charge in [-0.05, 0) is 24.3 Å². The van der Waals surface area contributed by atoms with Gasteiger partial charge in [0.1, 0.15) is 0 Å². The number of nitrogens with one attached hydrogen (secondary N) is 3. The lowest BCUT2D eigenvalue weighted by Gasteiger charge is -2.18. The van der Waals surface area contributed by atoms with Crippen LogP contribution in [0.3, 0.4) is 0 Å². The molecule has 2 aromatic carbocycles. The van der Waals surface area contributed by atoms with Crippen molar-refractivity contribution in [3.63, 3.8) is 0 Å². The van der Waals surface area contributed by atoms with Crippen LogP contribution < -0.4 is 16.0 Å². The van der Waals surface area contributed by atoms with Crippen molar-refractivity contribution in [1.82, 2.24) is 16.0 Å². The highest BCUT2D eigenvalue weighted by Crippen LogP contribution is 2.00. The summed E-state index contributed by atoms with van der Waals surface area (Å²) in [6, 6.07) is 17.7. The Hall–Kier alpha value is -4.04. The number of ether oxygens (including phenoxy) is 5. The maximum Gasteiger partial charge on any atom is 0.407 e. The van der Waals surface area contributed by atoms with Gasteiger partial charge in [0, 0.05) is 30.8 Å². The zero-order chi connectivity index (χ0) is 30.3. The number of rotatable bonds is 22. The lowest BCUT2D eigenvalue weighted by Crippen LogP contribution is -2.35. The van der Waals surface area contributed by atoms with Gasteiger partial charge in [-0.2, -0.15) is 0 Å². The molecule has 0 heterocycles. The van der Waals surface area contributed by atoms with Crippen LogP contribution in [0.25, 0.3) is 0 Å². The average Bonchev–Trinajstić information content (AvgIpc) is 3.00. The molecule has 0 fully saturated rings. The fraction of sp³-hybridized carbons (Fsp3) is 0.448. The molecule has 0 radical (unpaired) electrons. The van der Waals surface area contributed by atoms with E-state index in [1.807, 2.05) is 12.1 Å². The summed E-state index contributed by atoms with van der Waals surface area (Å²) in [5.74, 6) is -1.41. The van der Waals surface area contributed by atoms with Crippen molar-refractivity contribution in [3.05, 3.63) is 71.8 Å². The van der Waals surface area contributed by atoms with Crippen molar-refractivity contribution >= 4 is 23.9 Å². The molecule has 0 bridgehead atoms. The van der Waals surface area contributed by atoms with E-state index in [0.717, 1.165) is 0 Å². The molecular weight excluding hydrogens is 550 g/mol. The minimum Gasteiger partial charge on any atom is -0.481 e. The highest BCUT2D eigenvalue weighted by molar-refractivity contribution is 5.94. The van der Waals surface area contributed by atoms with E-state index in [4.69, 9.17) is 28.8 Å². The number of carbonyl (C=O) groups excluding carboxylic acids is 3. The molecule has 0 aromatic heterocycles. The summed E-state index contributed by atoms with van der Waals surface area (Å²) in [6.45, 7) is 2.18. The summed E-state index contributed by atoms with van der Waals surface area (Å²) in [6.07, 6.45) is -1.78. The molecule has 0 saturated carbocycles. The average molecular weight is 590 g/mol. The second-order valence-electron chi connectivity index (χ2n) is 8.72. The van der Waals surface area contributed by atoms with Gasteiger partial charge in [0.15, 0.2) is 6.10 Å². The van der Waals surface area contributed by atoms with Crippen LogP contribution in [0.15, 0.2) is 60.7 Å². The number of aliphatic carboxylic acids is 1. The molecule has 13 nitrogen and oxygen atoms in total. The smallest absolute Gasteiger partial charge is 0.407 e. The summed E-state index contributed by atoms with van der Waals surface area (Å²) in [7, 11) is 0. The SMILES string of the molecule is O=C(O)CCNC(=O)OC(COCCOCCNC(=O)c1ccccc1)COCCOCCNC(=O)c1ccccc1. The zero-order valence-corrected chi connectivity index (χ0v) is 23.5. The molecule has 2 rings (SSSR count). The third-order valence-electron chi connectivity index (χ3n) is 5.37. The molecular formula is C29H39N3O10. The van der Waals surface area contributed by atoms with Gasteiger partial charge in [0.05, 0.1) is 59.3 Å². The molecule has 0 spiro atoms. The van der Waals surface area contributed by atoms with Gasteiger partial charge >= 0.3 is 12.1 Å². The summed E-state index contributed by atoms with van der Waals surface area (Å²) >= 11 is 0. The summed E-state index contributed by atoms with van der Waals surface area (Å²) < 4.78 is 27.3. The fourth-order valence-electron chi connectivity index (χ4n) is 3.31. The zero-order valence-electron chi connectivity index (χ0n) is 23.5. The molecule has 4 N–H and O–H groups in total. The molecule has 0 aliphatic rings. The predicted octanol–water partition coefficient (Wildman–Crippen LogP) is 1.48. The van der Waals surface area contributed by atoms with Crippen LogP contribution >= 0.6 is 0 Å². The van der Waals surface area contributed by atoms with E-state index in [9.17, 15) is 19.2 Å². The minimum atomic E-state index is -1.04. The first-order valence-electron chi connectivity index (χ1n) is 13.6. The van der Waals surface area contributed by atoms with E-state index in [0.29, 0.717) is 37.4 Å². The second-order valence-corrected chi connectivity index (χ2v) is 8.72. The quantitative estimate of drug-likeness (QED) is 0.148. The molecule has 42 heavy (non-hydrogen) atoms. The van der Waals surface area contributed by atoms with Crippen molar-refractivity contribution in [3.8, 4) is 0 Å². The fourth-order valence-corrected chi connectivity index (χ4v) is 3.31. The van der Waals surface area contributed by atoms with Crippen molar-refractivity contribution < 1.29 is 48.0 Å². The molecule has 0 aliphatic heterocycles. The highest BCUT2D eigenvalue weighted by Gasteiger charge is 2.16. The predicted molar refractivity (Wildman–Crippen MR) is 151 cm³/mol. The topological polar surface area (TPSA) is 171 Å². The Balaban J connectivity index is 1.57. The largest absolute Gasteiger partial charge is 0.481 e. The van der Waals surface area contributed by atoms with E-state index in [2.05, 4.69) is 16.0 Å². The second kappa shape index (κ2) is 21.7. The normalized spacial score (nSPS) is 10.7. The monoisotopic (exact) mass is 589 g/mol. The Morgan fingerprint density at radius 1 is 0.595 bits per heavy atom. The van der Waals surface area contributed by atoms with Crippen LogP contribution in [-0.2, 0) is 28.5 Å². The first kappa shape index (κ1) is 34.2. The molecule has 0 atom stereocenters. The number of hydrogen-bond donors (Lipinski definition) is 4. The van der Waals surface area contributed by atoms with E-state index in [1.165, 1.54) is 0 Å². The van der Waals surface area contributed by atoms with E-state index in [1.54, 1.807) is 48.5 Å². The number of alkyl carbamates (subject to hydrolysis) is 1. The Bertz CT molecular complexity index is 989. The molecule has 0 aliphatic carbocycles. The van der Waals surface area contributed by atoms with Crippen LogP contribution in [-0.4, -0.2) is 108 Å². The first-order chi connectivity index (χ1) is 20.5. The minimum absolute atomic E-state index is 0.0207. The third-order valence-corrected chi connectivity index (χ3v) is 5.37. The third kappa shape index (κ3) is 16.3. The van der Waals surface area contributed by atoms with Gasteiger partial charge in [-0.25, -0.2) is 4.79 Å². The van der Waals surface area contributed by atoms with Crippen molar-refractivity contribution in [2.45, 2.75) is 12.5 Å². The van der Waals surface area contributed by atoms with E-state index >= 15 is 0 Å². The molecule has 2 aromatic rings. The molecule has 0 saturated heterocycles. The summed E-state index contributed by atoms with van der Waals surface area (Å²) in [5, 5.41) is 16.6. The maximum atomic E-state index is 12.0. The molecule has 230 valence electrons. The summed E-state index contributed by atoms with van der Waals surface area (Å²) in [4.78, 5) is 46.6. The molecule has 0 unspecified atom stereocenters. The van der Waals surface area contributed by atoms with E-state index < -0.39 is 18.2 Å². The van der Waals surface area contributed by atoms with Crippen molar-refractivity contribution in [2.24, 2.45) is 0 Å². The lowest BCUT2D eigenvalue weighted by atomic mass is 10.2. The Morgan fingerprint density at radius 2 is 1.05 bits per heavy atom. The van der Waals surface area contributed by atoms with Crippen LogP contribution in [0.4, 0.5) is 4.79 Å². The number of carbonyl (C=O) groups is 4. The van der Waals surface area contributed by atoms with Gasteiger partial charge < -0.3 is 44.7 Å². The number of hydrogen-bond acceptors (Lipinski definition) is 9. The molecule has 13 heteroatoms. The first-order valence-corrected chi connectivity index (χ1v) is 13.6. The lowest BCUT2D eigenvalue weighted by molar-refractivity contribution is -0.136. The van der Waals surface area contributed by atoms with Gasteiger partial charge in [0.2, 0.25) is 0 Å². The number of amides is 3. The van der Waals surface area contributed by atoms with Crippen LogP contribution in [0, 0.1) is 0 Å². The van der Waals surface area contributed by atoms with Gasteiger partial charge in [0.25, 0.3) is 11.8 Å². The Kier molecular flexibility index (Phi) is 17.6. The van der Waals surface area contributed by atoms with Crippen LogP contribution in [0.2, 0.25) is 0 Å². The van der Waals surface area contributed by atoms with Gasteiger partial charge in [-0.1, -0.05) is 36.4 Å². The number of benzene rings is 2. The van der Waals surface area contributed by atoms with Gasteiger partial charge in [-0.3, -0.25) is 14.4 Å². The van der Waals surface area contributed by atoms with Gasteiger partial charge in [-0.15, -0.1) is 0 Å². The number of carboxylic acids is 1. The Labute approximate surface area is 244 Å². The molecule has 3 amide bonds. The van der Waals surface area contributed by atoms with Crippen LogP contribution in [0.1, 0.15) is 27.1 Å². The van der Waals surface area contributed by atoms with Crippen molar-refractivity contribution in [1.29, 1.82) is 0 Å². The van der Waals surface area contributed by atoms with Crippen molar-refractivity contribution in [2.75, 3.05) is 72.5 Å².